The van der Waals surface area contributed by atoms with Crippen LogP contribution in [0.4, 0.5) is 0 Å². The minimum atomic E-state index is 0.655. The van der Waals surface area contributed by atoms with Gasteiger partial charge in [-0.2, -0.15) is 0 Å². The van der Waals surface area contributed by atoms with Gasteiger partial charge in [-0.15, -0.1) is 0 Å². The molecule has 0 aliphatic heterocycles. The van der Waals surface area contributed by atoms with Gasteiger partial charge in [-0.05, 0) is 51.2 Å². The van der Waals surface area contributed by atoms with E-state index in [1.165, 1.54) is 0 Å². The molecule has 4 nitrogen and oxygen atoms in total. The number of hydrogen-bond acceptors (Lipinski definition) is 4. The lowest BCUT2D eigenvalue weighted by atomic mass is 9.96. The van der Waals surface area contributed by atoms with Crippen LogP contribution in [0.25, 0.3) is 5.57 Å². The van der Waals surface area contributed by atoms with Crippen molar-refractivity contribution in [1.82, 2.24) is 4.90 Å². The van der Waals surface area contributed by atoms with Crippen LogP contribution in [0.1, 0.15) is 12.0 Å². The summed E-state index contributed by atoms with van der Waals surface area (Å²) < 4.78 is 16.8. The van der Waals surface area contributed by atoms with Crippen LogP contribution in [0, 0.1) is 6.42 Å². The van der Waals surface area contributed by atoms with Crippen LogP contribution >= 0.6 is 0 Å². The van der Waals surface area contributed by atoms with E-state index in [1.54, 1.807) is 14.2 Å². The Bertz CT molecular complexity index is 561. The minimum absolute atomic E-state index is 0.655. The molecule has 0 bridgehead atoms. The molecule has 0 unspecified atom stereocenters. The van der Waals surface area contributed by atoms with Crippen molar-refractivity contribution in [3.05, 3.63) is 48.1 Å². The number of nitrogens with zero attached hydrogens (tertiary/aromatic N) is 1. The molecule has 0 heterocycles. The summed E-state index contributed by atoms with van der Waals surface area (Å²) in [6.45, 7) is 1.53. The van der Waals surface area contributed by atoms with Gasteiger partial charge < -0.3 is 19.1 Å². The summed E-state index contributed by atoms with van der Waals surface area (Å²) >= 11 is 0. The van der Waals surface area contributed by atoms with Gasteiger partial charge in [0.2, 0.25) is 0 Å². The summed E-state index contributed by atoms with van der Waals surface area (Å²) in [5.74, 6) is 2.51. The summed E-state index contributed by atoms with van der Waals surface area (Å²) in [6, 6.07) is 5.79. The minimum Gasteiger partial charge on any atom is -0.497 e. The molecule has 0 saturated heterocycles. The second-order valence-corrected chi connectivity index (χ2v) is 5.34. The Balaban J connectivity index is 2.24. The van der Waals surface area contributed by atoms with Gasteiger partial charge in [0, 0.05) is 17.7 Å². The Hall–Kier alpha value is -1.94. The topological polar surface area (TPSA) is 30.9 Å². The van der Waals surface area contributed by atoms with Crippen LogP contribution in [-0.2, 0) is 4.74 Å². The number of likely N-dealkylation sites (N-methyl/N-ethyl adjacent to an activating group) is 1. The van der Waals surface area contributed by atoms with Crippen LogP contribution in [-0.4, -0.2) is 46.4 Å². The number of methoxy groups -OCH3 is 2. The van der Waals surface area contributed by atoms with Crippen LogP contribution in [0.15, 0.2) is 36.1 Å². The van der Waals surface area contributed by atoms with E-state index < -0.39 is 0 Å². The zero-order chi connectivity index (χ0) is 15.9. The van der Waals surface area contributed by atoms with Gasteiger partial charge in [-0.3, -0.25) is 0 Å². The molecular weight excluding hydrogens is 278 g/mol. The molecule has 0 fully saturated rings. The lowest BCUT2D eigenvalue weighted by molar-refractivity contribution is 0.194. The van der Waals surface area contributed by atoms with E-state index in [9.17, 15) is 0 Å². The Morgan fingerprint density at radius 3 is 2.64 bits per heavy atom. The molecule has 0 N–H and O–H groups in total. The van der Waals surface area contributed by atoms with Crippen LogP contribution < -0.4 is 9.47 Å². The van der Waals surface area contributed by atoms with Crippen LogP contribution in [0.2, 0.25) is 0 Å². The standard InChI is InChI=1S/C18H24NO3/c1-19(2)11-12-22-18-8-6-5-7-15(18)16-13-14(20-3)9-10-17(16)21-4/h5,7-10,13H,6,11-12H2,1-4H3. The van der Waals surface area contributed by atoms with Crippen molar-refractivity contribution < 1.29 is 14.2 Å². The third kappa shape index (κ3) is 4.04. The monoisotopic (exact) mass is 302 g/mol. The first-order valence-corrected chi connectivity index (χ1v) is 7.39. The Morgan fingerprint density at radius 2 is 1.95 bits per heavy atom. The average Bonchev–Trinajstić information content (AvgIpc) is 2.54. The maximum Gasteiger partial charge on any atom is 0.127 e. The van der Waals surface area contributed by atoms with E-state index in [1.807, 2.05) is 32.3 Å². The molecule has 0 spiro atoms. The molecule has 0 atom stereocenters. The summed E-state index contributed by atoms with van der Waals surface area (Å²) in [5, 5.41) is 0. The van der Waals surface area contributed by atoms with E-state index in [0.29, 0.717) is 6.61 Å². The quantitative estimate of drug-likeness (QED) is 0.774. The maximum absolute atomic E-state index is 5.97. The predicted octanol–water partition coefficient (Wildman–Crippen LogP) is 3.16. The highest BCUT2D eigenvalue weighted by molar-refractivity contribution is 5.83. The number of rotatable bonds is 7. The first-order chi connectivity index (χ1) is 10.7. The molecule has 22 heavy (non-hydrogen) atoms. The zero-order valence-electron chi connectivity index (χ0n) is 13.8. The van der Waals surface area contributed by atoms with E-state index >= 15 is 0 Å². The fourth-order valence-electron chi connectivity index (χ4n) is 2.27. The number of hydrogen-bond donors (Lipinski definition) is 0. The fourth-order valence-corrected chi connectivity index (χ4v) is 2.27. The zero-order valence-corrected chi connectivity index (χ0v) is 13.8. The fraction of sp³-hybridized carbons (Fsp3) is 0.389. The van der Waals surface area contributed by atoms with Gasteiger partial charge in [0.1, 0.15) is 23.9 Å². The van der Waals surface area contributed by atoms with Crippen molar-refractivity contribution in [2.24, 2.45) is 0 Å². The number of benzene rings is 1. The highest BCUT2D eigenvalue weighted by Gasteiger charge is 2.17. The van der Waals surface area contributed by atoms with Crippen molar-refractivity contribution >= 4 is 5.57 Å². The molecule has 0 aromatic heterocycles. The maximum atomic E-state index is 5.97. The SMILES string of the molecule is COc1ccc(OC)c(C2=C[CH]CC=C2OCCN(C)C)c1. The van der Waals surface area contributed by atoms with Gasteiger partial charge in [0.25, 0.3) is 0 Å². The van der Waals surface area contributed by atoms with Crippen molar-refractivity contribution in [1.29, 1.82) is 0 Å². The van der Waals surface area contributed by atoms with Crippen molar-refractivity contribution in [2.75, 3.05) is 41.5 Å². The van der Waals surface area contributed by atoms with Gasteiger partial charge >= 0.3 is 0 Å². The first kappa shape index (κ1) is 16.4. The second-order valence-electron chi connectivity index (χ2n) is 5.34. The summed E-state index contributed by atoms with van der Waals surface area (Å²) in [6.07, 6.45) is 7.19. The van der Waals surface area contributed by atoms with Crippen LogP contribution in [0.5, 0.6) is 11.5 Å². The van der Waals surface area contributed by atoms with E-state index in [2.05, 4.69) is 23.5 Å². The van der Waals surface area contributed by atoms with E-state index in [-0.39, 0.29) is 0 Å². The van der Waals surface area contributed by atoms with Gasteiger partial charge in [0.15, 0.2) is 0 Å². The predicted molar refractivity (Wildman–Crippen MR) is 89.0 cm³/mol. The highest BCUT2D eigenvalue weighted by Crippen LogP contribution is 2.36. The molecule has 1 aliphatic rings. The molecule has 1 aromatic carbocycles. The Morgan fingerprint density at radius 1 is 1.14 bits per heavy atom. The van der Waals surface area contributed by atoms with Gasteiger partial charge in [-0.25, -0.2) is 0 Å². The molecule has 1 aliphatic carbocycles. The second kappa shape index (κ2) is 7.90. The Kier molecular flexibility index (Phi) is 5.90. The smallest absolute Gasteiger partial charge is 0.127 e. The molecule has 119 valence electrons. The molecule has 1 aromatic rings. The lowest BCUT2D eigenvalue weighted by Gasteiger charge is -2.20. The first-order valence-electron chi connectivity index (χ1n) is 7.39. The molecule has 4 heteroatoms. The summed E-state index contributed by atoms with van der Waals surface area (Å²) in [4.78, 5) is 2.10. The molecule has 2 rings (SSSR count). The normalized spacial score (nSPS) is 14.4. The van der Waals surface area contributed by atoms with E-state index in [0.717, 1.165) is 41.4 Å². The highest BCUT2D eigenvalue weighted by atomic mass is 16.5. The van der Waals surface area contributed by atoms with Crippen LogP contribution in [0.3, 0.4) is 0 Å². The molecular formula is C18H24NO3. The third-order valence-electron chi connectivity index (χ3n) is 3.48. The lowest BCUT2D eigenvalue weighted by Crippen LogP contribution is -2.18. The largest absolute Gasteiger partial charge is 0.497 e. The van der Waals surface area contributed by atoms with Crippen molar-refractivity contribution in [3.8, 4) is 11.5 Å². The average molecular weight is 302 g/mol. The van der Waals surface area contributed by atoms with Gasteiger partial charge in [0.05, 0.1) is 14.2 Å². The molecule has 1 radical (unpaired) electrons. The van der Waals surface area contributed by atoms with Crippen molar-refractivity contribution in [3.63, 3.8) is 0 Å². The third-order valence-corrected chi connectivity index (χ3v) is 3.48. The van der Waals surface area contributed by atoms with Gasteiger partial charge in [-0.1, -0.05) is 6.08 Å². The number of allylic oxidation sites excluding steroid dienone is 3. The molecule has 0 amide bonds. The molecule has 0 saturated carbocycles. The van der Waals surface area contributed by atoms with E-state index in [4.69, 9.17) is 14.2 Å². The summed E-state index contributed by atoms with van der Waals surface area (Å²) in [7, 11) is 7.41. The number of ether oxygens (including phenoxy) is 3. The Labute approximate surface area is 133 Å². The summed E-state index contributed by atoms with van der Waals surface area (Å²) in [5.41, 5.74) is 2.01. The van der Waals surface area contributed by atoms with Crippen molar-refractivity contribution in [2.45, 2.75) is 6.42 Å².